The smallest absolute Gasteiger partial charge is 0.314 e. The molecule has 0 saturated carbocycles. The Kier molecular flexibility index (Phi) is 5.89. The van der Waals surface area contributed by atoms with Gasteiger partial charge in [-0.1, -0.05) is 32.0 Å². The summed E-state index contributed by atoms with van der Waals surface area (Å²) in [7, 11) is 0. The fourth-order valence-corrected chi connectivity index (χ4v) is 2.32. The SMILES string of the molecule is CC(=O)Nc1ccc(NC(=O)C(=O)Nc2ccccc2C(C)C)cc1. The fraction of sp³-hybridized carbons (Fsp3) is 0.211. The Bertz CT molecular complexity index is 783. The highest BCUT2D eigenvalue weighted by Gasteiger charge is 2.16. The van der Waals surface area contributed by atoms with Crippen LogP contribution in [0, 0.1) is 0 Å². The number of nitrogens with one attached hydrogen (secondary N) is 3. The predicted molar refractivity (Wildman–Crippen MR) is 98.5 cm³/mol. The van der Waals surface area contributed by atoms with Crippen molar-refractivity contribution < 1.29 is 14.4 Å². The van der Waals surface area contributed by atoms with Crippen molar-refractivity contribution in [1.82, 2.24) is 0 Å². The van der Waals surface area contributed by atoms with Crippen molar-refractivity contribution in [3.05, 3.63) is 54.1 Å². The topological polar surface area (TPSA) is 87.3 Å². The molecule has 6 heteroatoms. The summed E-state index contributed by atoms with van der Waals surface area (Å²) < 4.78 is 0. The lowest BCUT2D eigenvalue weighted by Crippen LogP contribution is -2.29. The zero-order chi connectivity index (χ0) is 18.4. The van der Waals surface area contributed by atoms with Gasteiger partial charge in [-0.3, -0.25) is 14.4 Å². The molecule has 0 heterocycles. The largest absolute Gasteiger partial charge is 0.326 e. The van der Waals surface area contributed by atoms with Gasteiger partial charge in [0.15, 0.2) is 0 Å². The molecule has 3 N–H and O–H groups in total. The third-order valence-electron chi connectivity index (χ3n) is 3.50. The highest BCUT2D eigenvalue weighted by molar-refractivity contribution is 6.43. The lowest BCUT2D eigenvalue weighted by atomic mass is 10.0. The first kappa shape index (κ1) is 18.2. The summed E-state index contributed by atoms with van der Waals surface area (Å²) in [6.45, 7) is 5.44. The quantitative estimate of drug-likeness (QED) is 0.747. The standard InChI is InChI=1S/C19H21N3O3/c1-12(2)16-6-4-5-7-17(16)22-19(25)18(24)21-15-10-8-14(9-11-15)20-13(3)23/h4-12H,1-3H3,(H,20,23)(H,21,24)(H,22,25). The van der Waals surface area contributed by atoms with Gasteiger partial charge >= 0.3 is 11.8 Å². The number of carbonyl (C=O) groups excluding carboxylic acids is 3. The monoisotopic (exact) mass is 339 g/mol. The van der Waals surface area contributed by atoms with Crippen LogP contribution in [0.3, 0.4) is 0 Å². The van der Waals surface area contributed by atoms with E-state index in [9.17, 15) is 14.4 Å². The van der Waals surface area contributed by atoms with Gasteiger partial charge in [-0.15, -0.1) is 0 Å². The second kappa shape index (κ2) is 8.10. The normalized spacial score (nSPS) is 10.2. The molecular formula is C19H21N3O3. The van der Waals surface area contributed by atoms with Gasteiger partial charge in [-0.2, -0.15) is 0 Å². The van der Waals surface area contributed by atoms with Crippen LogP contribution in [0.5, 0.6) is 0 Å². The molecule has 25 heavy (non-hydrogen) atoms. The lowest BCUT2D eigenvalue weighted by Gasteiger charge is -2.13. The van der Waals surface area contributed by atoms with E-state index in [1.54, 1.807) is 36.4 Å². The molecule has 0 atom stereocenters. The van der Waals surface area contributed by atoms with Gasteiger partial charge in [0.05, 0.1) is 0 Å². The van der Waals surface area contributed by atoms with Gasteiger partial charge < -0.3 is 16.0 Å². The highest BCUT2D eigenvalue weighted by Crippen LogP contribution is 2.23. The minimum Gasteiger partial charge on any atom is -0.326 e. The number of para-hydroxylation sites is 1. The molecule has 0 spiro atoms. The Morgan fingerprint density at radius 2 is 1.28 bits per heavy atom. The molecule has 2 aromatic carbocycles. The fourth-order valence-electron chi connectivity index (χ4n) is 2.32. The molecule has 2 aromatic rings. The van der Waals surface area contributed by atoms with Gasteiger partial charge in [0.25, 0.3) is 0 Å². The number of carbonyl (C=O) groups is 3. The molecule has 0 fully saturated rings. The van der Waals surface area contributed by atoms with Gasteiger partial charge in [0.2, 0.25) is 5.91 Å². The van der Waals surface area contributed by atoms with E-state index in [1.165, 1.54) is 6.92 Å². The molecule has 2 rings (SSSR count). The highest BCUT2D eigenvalue weighted by atomic mass is 16.2. The van der Waals surface area contributed by atoms with Crippen LogP contribution >= 0.6 is 0 Å². The van der Waals surface area contributed by atoms with Crippen LogP contribution in [-0.2, 0) is 14.4 Å². The van der Waals surface area contributed by atoms with Crippen LogP contribution in [0.25, 0.3) is 0 Å². The van der Waals surface area contributed by atoms with Crippen LogP contribution in [0.15, 0.2) is 48.5 Å². The molecule has 0 saturated heterocycles. The van der Waals surface area contributed by atoms with Crippen LogP contribution in [0.4, 0.5) is 17.1 Å². The molecule has 0 unspecified atom stereocenters. The van der Waals surface area contributed by atoms with Crippen molar-refractivity contribution in [3.8, 4) is 0 Å². The maximum Gasteiger partial charge on any atom is 0.314 e. The number of benzene rings is 2. The van der Waals surface area contributed by atoms with Crippen molar-refractivity contribution in [3.63, 3.8) is 0 Å². The van der Waals surface area contributed by atoms with Crippen molar-refractivity contribution in [2.24, 2.45) is 0 Å². The molecule has 0 aliphatic heterocycles. The Hall–Kier alpha value is -3.15. The van der Waals surface area contributed by atoms with E-state index in [-0.39, 0.29) is 11.8 Å². The Balaban J connectivity index is 2.01. The first-order valence-corrected chi connectivity index (χ1v) is 7.95. The minimum atomic E-state index is -0.758. The number of hydrogen-bond acceptors (Lipinski definition) is 3. The van der Waals surface area contributed by atoms with Crippen LogP contribution in [0.1, 0.15) is 32.3 Å². The van der Waals surface area contributed by atoms with Gasteiger partial charge in [-0.25, -0.2) is 0 Å². The van der Waals surface area contributed by atoms with Crippen molar-refractivity contribution in [2.75, 3.05) is 16.0 Å². The zero-order valence-corrected chi connectivity index (χ0v) is 14.4. The Morgan fingerprint density at radius 3 is 1.84 bits per heavy atom. The maximum atomic E-state index is 12.1. The summed E-state index contributed by atoms with van der Waals surface area (Å²) >= 11 is 0. The molecule has 0 bridgehead atoms. The zero-order valence-electron chi connectivity index (χ0n) is 14.4. The van der Waals surface area contributed by atoms with Crippen molar-refractivity contribution in [1.29, 1.82) is 0 Å². The number of anilines is 3. The number of amides is 3. The molecule has 0 aromatic heterocycles. The first-order chi connectivity index (χ1) is 11.9. The third kappa shape index (κ3) is 5.17. The summed E-state index contributed by atoms with van der Waals surface area (Å²) in [5.41, 5.74) is 2.66. The van der Waals surface area contributed by atoms with Crippen LogP contribution in [-0.4, -0.2) is 17.7 Å². The number of hydrogen-bond donors (Lipinski definition) is 3. The van der Waals surface area contributed by atoms with Crippen LogP contribution in [0.2, 0.25) is 0 Å². The minimum absolute atomic E-state index is 0.181. The van der Waals surface area contributed by atoms with E-state index in [4.69, 9.17) is 0 Å². The van der Waals surface area contributed by atoms with Gasteiger partial charge in [0, 0.05) is 24.0 Å². The van der Waals surface area contributed by atoms with Crippen molar-refractivity contribution >= 4 is 34.8 Å². The number of rotatable bonds is 4. The summed E-state index contributed by atoms with van der Waals surface area (Å²) in [4.78, 5) is 35.2. The molecule has 0 radical (unpaired) electrons. The van der Waals surface area contributed by atoms with Gasteiger partial charge in [0.1, 0.15) is 0 Å². The average molecular weight is 339 g/mol. The second-order valence-corrected chi connectivity index (χ2v) is 5.91. The molecule has 6 nitrogen and oxygen atoms in total. The molecular weight excluding hydrogens is 318 g/mol. The van der Waals surface area contributed by atoms with E-state index in [2.05, 4.69) is 16.0 Å². The summed E-state index contributed by atoms with van der Waals surface area (Å²) in [5, 5.41) is 7.80. The Morgan fingerprint density at radius 1 is 0.760 bits per heavy atom. The molecule has 0 aliphatic rings. The van der Waals surface area contributed by atoms with E-state index >= 15 is 0 Å². The van der Waals surface area contributed by atoms with E-state index in [0.29, 0.717) is 17.1 Å². The first-order valence-electron chi connectivity index (χ1n) is 7.95. The van der Waals surface area contributed by atoms with Gasteiger partial charge in [-0.05, 0) is 41.8 Å². The third-order valence-corrected chi connectivity index (χ3v) is 3.50. The molecule has 130 valence electrons. The average Bonchev–Trinajstić information content (AvgIpc) is 2.56. The van der Waals surface area contributed by atoms with E-state index in [1.807, 2.05) is 26.0 Å². The summed E-state index contributed by atoms with van der Waals surface area (Å²) in [6, 6.07) is 13.9. The summed E-state index contributed by atoms with van der Waals surface area (Å²) in [5.74, 6) is -1.45. The molecule has 3 amide bonds. The lowest BCUT2D eigenvalue weighted by molar-refractivity contribution is -0.133. The van der Waals surface area contributed by atoms with Crippen molar-refractivity contribution in [2.45, 2.75) is 26.7 Å². The second-order valence-electron chi connectivity index (χ2n) is 5.91. The summed E-state index contributed by atoms with van der Waals surface area (Å²) in [6.07, 6.45) is 0. The van der Waals surface area contributed by atoms with E-state index < -0.39 is 11.8 Å². The van der Waals surface area contributed by atoms with Crippen LogP contribution < -0.4 is 16.0 Å². The maximum absolute atomic E-state index is 12.1. The molecule has 0 aliphatic carbocycles. The Labute approximate surface area is 146 Å². The predicted octanol–water partition coefficient (Wildman–Crippen LogP) is 3.35. The van der Waals surface area contributed by atoms with E-state index in [0.717, 1.165) is 5.56 Å².